The van der Waals surface area contributed by atoms with Crippen LogP contribution >= 0.6 is 43.2 Å². The van der Waals surface area contributed by atoms with Gasteiger partial charge in [0.2, 0.25) is 0 Å². The first-order valence-electron chi connectivity index (χ1n) is 4.77. The third-order valence-corrected chi connectivity index (χ3v) is 4.55. The minimum atomic E-state index is -0.0101. The van der Waals surface area contributed by atoms with Gasteiger partial charge in [0.25, 0.3) is 5.91 Å². The van der Waals surface area contributed by atoms with Gasteiger partial charge in [-0.15, -0.1) is 11.3 Å². The highest BCUT2D eigenvalue weighted by molar-refractivity contribution is 9.12. The van der Waals surface area contributed by atoms with E-state index in [2.05, 4.69) is 51.0 Å². The molecule has 5 heteroatoms. The quantitative estimate of drug-likeness (QED) is 0.868. The predicted molar refractivity (Wildman–Crippen MR) is 71.5 cm³/mol. The predicted octanol–water partition coefficient (Wildman–Crippen LogP) is 4.05. The zero-order valence-electron chi connectivity index (χ0n) is 8.64. The zero-order chi connectivity index (χ0) is 11.4. The van der Waals surface area contributed by atoms with Gasteiger partial charge in [0, 0.05) is 6.54 Å². The number of carbonyl (C=O) groups is 1. The maximum Gasteiger partial charge on any atom is 0.253 e. The molecule has 1 amide bonds. The minimum Gasteiger partial charge on any atom is -0.352 e. The molecular formula is C10H13Br2NOS. The summed E-state index contributed by atoms with van der Waals surface area (Å²) in [5.41, 5.74) is 0.704. The number of carbonyl (C=O) groups excluding carboxylic acids is 1. The standard InChI is InChI=1S/C10H13Br2NOS/c1-3-6(2)5-13-10(14)7-4-8(11)15-9(7)12/h4,6H,3,5H2,1-2H3,(H,13,14). The molecular weight excluding hydrogens is 342 g/mol. The summed E-state index contributed by atoms with van der Waals surface area (Å²) in [5.74, 6) is 0.513. The average molecular weight is 355 g/mol. The van der Waals surface area contributed by atoms with Crippen molar-refractivity contribution in [1.82, 2.24) is 5.32 Å². The fourth-order valence-electron chi connectivity index (χ4n) is 1.00. The molecule has 0 bridgehead atoms. The molecule has 0 saturated heterocycles. The number of thiophene rings is 1. The van der Waals surface area contributed by atoms with Crippen LogP contribution in [-0.2, 0) is 0 Å². The first kappa shape index (κ1) is 13.2. The molecule has 0 fully saturated rings. The first-order valence-corrected chi connectivity index (χ1v) is 7.17. The van der Waals surface area contributed by atoms with Gasteiger partial charge < -0.3 is 5.32 Å². The third-order valence-electron chi connectivity index (χ3n) is 2.21. The maximum absolute atomic E-state index is 11.7. The molecule has 15 heavy (non-hydrogen) atoms. The van der Waals surface area contributed by atoms with Crippen LogP contribution in [0, 0.1) is 5.92 Å². The van der Waals surface area contributed by atoms with Crippen molar-refractivity contribution in [2.45, 2.75) is 20.3 Å². The Hall–Kier alpha value is 0.130. The van der Waals surface area contributed by atoms with E-state index in [-0.39, 0.29) is 5.91 Å². The van der Waals surface area contributed by atoms with Crippen LogP contribution in [0.15, 0.2) is 13.6 Å². The SMILES string of the molecule is CCC(C)CNC(=O)c1cc(Br)sc1Br. The topological polar surface area (TPSA) is 29.1 Å². The average Bonchev–Trinajstić information content (AvgIpc) is 2.53. The van der Waals surface area contributed by atoms with Crippen LogP contribution in [0.4, 0.5) is 0 Å². The van der Waals surface area contributed by atoms with Crippen LogP contribution in [0.1, 0.15) is 30.6 Å². The molecule has 1 heterocycles. The molecule has 1 rings (SSSR count). The van der Waals surface area contributed by atoms with Gasteiger partial charge in [0.1, 0.15) is 0 Å². The van der Waals surface area contributed by atoms with E-state index in [0.29, 0.717) is 11.5 Å². The zero-order valence-corrected chi connectivity index (χ0v) is 12.6. The highest BCUT2D eigenvalue weighted by atomic mass is 79.9. The Labute approximate surface area is 111 Å². The maximum atomic E-state index is 11.7. The van der Waals surface area contributed by atoms with Gasteiger partial charge >= 0.3 is 0 Å². The molecule has 84 valence electrons. The fraction of sp³-hybridized carbons (Fsp3) is 0.500. The first-order chi connectivity index (χ1) is 7.04. The van der Waals surface area contributed by atoms with Gasteiger partial charge in [-0.1, -0.05) is 20.3 Å². The molecule has 0 radical (unpaired) electrons. The van der Waals surface area contributed by atoms with E-state index in [9.17, 15) is 4.79 Å². The summed E-state index contributed by atoms with van der Waals surface area (Å²) < 4.78 is 1.83. The van der Waals surface area contributed by atoms with E-state index >= 15 is 0 Å². The molecule has 0 saturated carbocycles. The van der Waals surface area contributed by atoms with Crippen molar-refractivity contribution in [3.8, 4) is 0 Å². The van der Waals surface area contributed by atoms with Crippen molar-refractivity contribution >= 4 is 49.1 Å². The molecule has 1 aromatic heterocycles. The lowest BCUT2D eigenvalue weighted by atomic mass is 10.1. The summed E-state index contributed by atoms with van der Waals surface area (Å²) in [6.45, 7) is 4.97. The van der Waals surface area contributed by atoms with Gasteiger partial charge in [-0.25, -0.2) is 0 Å². The second-order valence-electron chi connectivity index (χ2n) is 3.46. The van der Waals surface area contributed by atoms with Crippen molar-refractivity contribution in [3.05, 3.63) is 19.2 Å². The van der Waals surface area contributed by atoms with E-state index in [0.717, 1.165) is 20.5 Å². The number of nitrogens with one attached hydrogen (secondary N) is 1. The van der Waals surface area contributed by atoms with E-state index in [4.69, 9.17) is 0 Å². The number of hydrogen-bond donors (Lipinski definition) is 1. The van der Waals surface area contributed by atoms with Crippen molar-refractivity contribution in [3.63, 3.8) is 0 Å². The molecule has 1 aromatic rings. The molecule has 2 nitrogen and oxygen atoms in total. The van der Waals surface area contributed by atoms with Crippen LogP contribution < -0.4 is 5.32 Å². The van der Waals surface area contributed by atoms with Crippen molar-refractivity contribution in [1.29, 1.82) is 0 Å². The Kier molecular flexibility index (Phi) is 5.29. The number of hydrogen-bond acceptors (Lipinski definition) is 2. The van der Waals surface area contributed by atoms with Gasteiger partial charge in [0.15, 0.2) is 0 Å². The Morgan fingerprint density at radius 2 is 2.27 bits per heavy atom. The van der Waals surface area contributed by atoms with E-state index in [1.807, 2.05) is 6.07 Å². The normalized spacial score (nSPS) is 12.5. The Morgan fingerprint density at radius 3 is 2.73 bits per heavy atom. The summed E-state index contributed by atoms with van der Waals surface area (Å²) >= 11 is 8.23. The lowest BCUT2D eigenvalue weighted by Crippen LogP contribution is -2.27. The third kappa shape index (κ3) is 3.89. The summed E-state index contributed by atoms with van der Waals surface area (Å²) in [6.07, 6.45) is 1.08. The van der Waals surface area contributed by atoms with Crippen molar-refractivity contribution in [2.75, 3.05) is 6.54 Å². The Bertz CT molecular complexity index is 351. The summed E-state index contributed by atoms with van der Waals surface area (Å²) in [6, 6.07) is 1.83. The molecule has 1 N–H and O–H groups in total. The Balaban J connectivity index is 2.58. The molecule has 0 aliphatic heterocycles. The van der Waals surface area contributed by atoms with Crippen LogP contribution in [0.2, 0.25) is 0 Å². The summed E-state index contributed by atoms with van der Waals surface area (Å²) in [5, 5.41) is 2.92. The fourth-order valence-corrected chi connectivity index (χ4v) is 3.79. The molecule has 1 atom stereocenters. The lowest BCUT2D eigenvalue weighted by Gasteiger charge is -2.09. The van der Waals surface area contributed by atoms with Crippen LogP contribution in [-0.4, -0.2) is 12.5 Å². The number of amides is 1. The van der Waals surface area contributed by atoms with E-state index < -0.39 is 0 Å². The second kappa shape index (κ2) is 6.01. The van der Waals surface area contributed by atoms with E-state index in [1.165, 1.54) is 11.3 Å². The van der Waals surface area contributed by atoms with Gasteiger partial charge in [0.05, 0.1) is 13.1 Å². The smallest absolute Gasteiger partial charge is 0.253 e. The number of rotatable bonds is 4. The van der Waals surface area contributed by atoms with Crippen molar-refractivity contribution < 1.29 is 4.79 Å². The highest BCUT2D eigenvalue weighted by Gasteiger charge is 2.13. The van der Waals surface area contributed by atoms with E-state index in [1.54, 1.807) is 0 Å². The monoisotopic (exact) mass is 353 g/mol. The van der Waals surface area contributed by atoms with Crippen LogP contribution in [0.5, 0.6) is 0 Å². The molecule has 1 unspecified atom stereocenters. The molecule has 0 aliphatic rings. The largest absolute Gasteiger partial charge is 0.352 e. The van der Waals surface area contributed by atoms with Crippen LogP contribution in [0.3, 0.4) is 0 Å². The highest BCUT2D eigenvalue weighted by Crippen LogP contribution is 2.31. The molecule has 0 spiro atoms. The van der Waals surface area contributed by atoms with Crippen molar-refractivity contribution in [2.24, 2.45) is 5.92 Å². The number of halogens is 2. The van der Waals surface area contributed by atoms with Crippen LogP contribution in [0.25, 0.3) is 0 Å². The summed E-state index contributed by atoms with van der Waals surface area (Å²) in [7, 11) is 0. The van der Waals surface area contributed by atoms with Gasteiger partial charge in [-0.3, -0.25) is 4.79 Å². The Morgan fingerprint density at radius 1 is 1.60 bits per heavy atom. The van der Waals surface area contributed by atoms with Gasteiger partial charge in [-0.05, 0) is 43.8 Å². The lowest BCUT2D eigenvalue weighted by molar-refractivity contribution is 0.0947. The second-order valence-corrected chi connectivity index (χ2v) is 7.21. The minimum absolute atomic E-state index is 0.0101. The summed E-state index contributed by atoms with van der Waals surface area (Å²) in [4.78, 5) is 11.7. The van der Waals surface area contributed by atoms with Gasteiger partial charge in [-0.2, -0.15) is 0 Å². The molecule has 0 aromatic carbocycles. The molecule has 0 aliphatic carbocycles.